The van der Waals surface area contributed by atoms with Crippen LogP contribution >= 0.6 is 0 Å². The van der Waals surface area contributed by atoms with Gasteiger partial charge in [0, 0.05) is 6.54 Å². The van der Waals surface area contributed by atoms with Gasteiger partial charge in [0.15, 0.2) is 0 Å². The van der Waals surface area contributed by atoms with Crippen LogP contribution in [0.5, 0.6) is 0 Å². The molecule has 1 aromatic carbocycles. The first kappa shape index (κ1) is 11.8. The number of nitrogens with two attached hydrogens (primary N) is 1. The van der Waals surface area contributed by atoms with Crippen molar-refractivity contribution in [3.63, 3.8) is 0 Å². The molecule has 3 N–H and O–H groups in total. The van der Waals surface area contributed by atoms with Crippen molar-refractivity contribution in [2.45, 2.75) is 27.2 Å². The minimum absolute atomic E-state index is 0.293. The van der Waals surface area contributed by atoms with E-state index < -0.39 is 0 Å². The number of nitrogen functional groups attached to an aromatic ring is 1. The molecule has 0 atom stereocenters. The van der Waals surface area contributed by atoms with Crippen molar-refractivity contribution in [1.29, 1.82) is 0 Å². The van der Waals surface area contributed by atoms with Gasteiger partial charge < -0.3 is 11.1 Å². The van der Waals surface area contributed by atoms with Crippen LogP contribution in [0, 0.1) is 11.2 Å². The summed E-state index contributed by atoms with van der Waals surface area (Å²) in [6.07, 6.45) is 1.05. The maximum atomic E-state index is 12.8. The third kappa shape index (κ3) is 4.19. The molecular formula is C12H19FN2. The van der Waals surface area contributed by atoms with Gasteiger partial charge in [0.2, 0.25) is 0 Å². The predicted molar refractivity (Wildman–Crippen MR) is 63.4 cm³/mol. The van der Waals surface area contributed by atoms with E-state index in [9.17, 15) is 4.39 Å². The van der Waals surface area contributed by atoms with E-state index in [1.165, 1.54) is 12.1 Å². The molecule has 0 saturated heterocycles. The quantitative estimate of drug-likeness (QED) is 0.751. The van der Waals surface area contributed by atoms with Gasteiger partial charge in [-0.1, -0.05) is 20.8 Å². The summed E-state index contributed by atoms with van der Waals surface area (Å²) in [6.45, 7) is 7.40. The molecule has 0 saturated carbocycles. The normalized spacial score (nSPS) is 11.5. The average Bonchev–Trinajstić information content (AvgIpc) is 2.07. The first-order valence-electron chi connectivity index (χ1n) is 5.17. The fourth-order valence-corrected chi connectivity index (χ4v) is 1.27. The Kier molecular flexibility index (Phi) is 3.56. The van der Waals surface area contributed by atoms with E-state index in [0.717, 1.165) is 18.7 Å². The minimum atomic E-state index is -0.297. The van der Waals surface area contributed by atoms with Crippen LogP contribution in [0.15, 0.2) is 18.2 Å². The Morgan fingerprint density at radius 2 is 2.00 bits per heavy atom. The molecule has 1 rings (SSSR count). The van der Waals surface area contributed by atoms with Crippen molar-refractivity contribution in [3.05, 3.63) is 24.0 Å². The molecule has 0 aliphatic rings. The monoisotopic (exact) mass is 210 g/mol. The second-order valence-electron chi connectivity index (χ2n) is 4.97. The Hall–Kier alpha value is -1.25. The van der Waals surface area contributed by atoms with Crippen molar-refractivity contribution in [3.8, 4) is 0 Å². The van der Waals surface area contributed by atoms with Crippen molar-refractivity contribution in [2.24, 2.45) is 5.41 Å². The zero-order valence-electron chi connectivity index (χ0n) is 9.60. The largest absolute Gasteiger partial charge is 0.397 e. The summed E-state index contributed by atoms with van der Waals surface area (Å²) >= 11 is 0. The number of halogens is 1. The zero-order valence-corrected chi connectivity index (χ0v) is 9.60. The molecule has 0 fully saturated rings. The van der Waals surface area contributed by atoms with Gasteiger partial charge in [0.25, 0.3) is 0 Å². The average molecular weight is 210 g/mol. The van der Waals surface area contributed by atoms with Crippen LogP contribution in [-0.2, 0) is 0 Å². The smallest absolute Gasteiger partial charge is 0.125 e. The molecular weight excluding hydrogens is 191 g/mol. The van der Waals surface area contributed by atoms with E-state index in [-0.39, 0.29) is 5.82 Å². The van der Waals surface area contributed by atoms with Crippen LogP contribution in [0.25, 0.3) is 0 Å². The fourth-order valence-electron chi connectivity index (χ4n) is 1.27. The Morgan fingerprint density at radius 1 is 1.33 bits per heavy atom. The molecule has 0 unspecified atom stereocenters. The van der Waals surface area contributed by atoms with Crippen molar-refractivity contribution < 1.29 is 4.39 Å². The van der Waals surface area contributed by atoms with Gasteiger partial charge in [0.05, 0.1) is 11.4 Å². The summed E-state index contributed by atoms with van der Waals surface area (Å²) in [4.78, 5) is 0. The van der Waals surface area contributed by atoms with Crippen LogP contribution in [0.2, 0.25) is 0 Å². The van der Waals surface area contributed by atoms with Crippen LogP contribution in [0.1, 0.15) is 27.2 Å². The highest BCUT2D eigenvalue weighted by atomic mass is 19.1. The van der Waals surface area contributed by atoms with Crippen molar-refractivity contribution in [1.82, 2.24) is 0 Å². The summed E-state index contributed by atoms with van der Waals surface area (Å²) in [7, 11) is 0. The molecule has 0 aromatic heterocycles. The summed E-state index contributed by atoms with van der Waals surface area (Å²) in [5.74, 6) is -0.297. The lowest BCUT2D eigenvalue weighted by atomic mass is 9.92. The molecule has 0 aliphatic carbocycles. The highest BCUT2D eigenvalue weighted by Gasteiger charge is 2.09. The topological polar surface area (TPSA) is 38.0 Å². The maximum absolute atomic E-state index is 12.8. The van der Waals surface area contributed by atoms with E-state index in [1.54, 1.807) is 6.07 Å². The summed E-state index contributed by atoms with van der Waals surface area (Å²) in [5.41, 5.74) is 7.23. The first-order valence-corrected chi connectivity index (χ1v) is 5.17. The van der Waals surface area contributed by atoms with E-state index in [2.05, 4.69) is 26.1 Å². The molecule has 0 radical (unpaired) electrons. The van der Waals surface area contributed by atoms with E-state index >= 15 is 0 Å². The van der Waals surface area contributed by atoms with Crippen molar-refractivity contribution in [2.75, 3.05) is 17.6 Å². The summed E-state index contributed by atoms with van der Waals surface area (Å²) < 4.78 is 12.8. The standard InChI is InChI=1S/C12H19FN2/c1-12(2,3)6-7-15-11-5-4-9(13)8-10(11)14/h4-5,8,15H,6-7,14H2,1-3H3. The molecule has 1 aromatic rings. The first-order chi connectivity index (χ1) is 6.88. The molecule has 0 heterocycles. The van der Waals surface area contributed by atoms with E-state index in [0.29, 0.717) is 11.1 Å². The Morgan fingerprint density at radius 3 is 2.53 bits per heavy atom. The van der Waals surface area contributed by atoms with E-state index in [1.807, 2.05) is 0 Å². The number of hydrogen-bond acceptors (Lipinski definition) is 2. The lowest BCUT2D eigenvalue weighted by molar-refractivity contribution is 0.390. The van der Waals surface area contributed by atoms with Gasteiger partial charge in [-0.15, -0.1) is 0 Å². The molecule has 15 heavy (non-hydrogen) atoms. The molecule has 0 aliphatic heterocycles. The second-order valence-corrected chi connectivity index (χ2v) is 4.97. The number of benzene rings is 1. The lowest BCUT2D eigenvalue weighted by Gasteiger charge is -2.19. The predicted octanol–water partition coefficient (Wildman–Crippen LogP) is 3.26. The lowest BCUT2D eigenvalue weighted by Crippen LogP contribution is -2.13. The Labute approximate surface area is 90.7 Å². The summed E-state index contributed by atoms with van der Waals surface area (Å²) in [6, 6.07) is 4.42. The van der Waals surface area contributed by atoms with Gasteiger partial charge in [0.1, 0.15) is 5.82 Å². The molecule has 2 nitrogen and oxygen atoms in total. The Balaban J connectivity index is 2.51. The minimum Gasteiger partial charge on any atom is -0.397 e. The van der Waals surface area contributed by atoms with Gasteiger partial charge in [-0.25, -0.2) is 4.39 Å². The third-order valence-electron chi connectivity index (χ3n) is 2.20. The van der Waals surface area contributed by atoms with Gasteiger partial charge >= 0.3 is 0 Å². The highest BCUT2D eigenvalue weighted by molar-refractivity contribution is 5.65. The highest BCUT2D eigenvalue weighted by Crippen LogP contribution is 2.22. The third-order valence-corrected chi connectivity index (χ3v) is 2.20. The SMILES string of the molecule is CC(C)(C)CCNc1ccc(F)cc1N. The molecule has 0 amide bonds. The number of anilines is 2. The number of hydrogen-bond donors (Lipinski definition) is 2. The van der Waals surface area contributed by atoms with E-state index in [4.69, 9.17) is 5.73 Å². The van der Waals surface area contributed by atoms with Crippen LogP contribution in [-0.4, -0.2) is 6.54 Å². The van der Waals surface area contributed by atoms with Gasteiger partial charge in [-0.05, 0) is 30.0 Å². The molecule has 0 bridgehead atoms. The van der Waals surface area contributed by atoms with Gasteiger partial charge in [-0.2, -0.15) is 0 Å². The Bertz CT molecular complexity index is 329. The van der Waals surface area contributed by atoms with Crippen LogP contribution < -0.4 is 11.1 Å². The molecule has 0 spiro atoms. The van der Waals surface area contributed by atoms with Crippen LogP contribution in [0.4, 0.5) is 15.8 Å². The number of rotatable bonds is 3. The van der Waals surface area contributed by atoms with Crippen LogP contribution in [0.3, 0.4) is 0 Å². The fraction of sp³-hybridized carbons (Fsp3) is 0.500. The zero-order chi connectivity index (χ0) is 11.5. The number of nitrogens with one attached hydrogen (secondary N) is 1. The molecule has 84 valence electrons. The second kappa shape index (κ2) is 4.51. The maximum Gasteiger partial charge on any atom is 0.125 e. The molecule has 3 heteroatoms. The van der Waals surface area contributed by atoms with Crippen molar-refractivity contribution >= 4 is 11.4 Å². The van der Waals surface area contributed by atoms with Gasteiger partial charge in [-0.3, -0.25) is 0 Å². The summed E-state index contributed by atoms with van der Waals surface area (Å²) in [5, 5.41) is 3.21.